The predicted molar refractivity (Wildman–Crippen MR) is 111 cm³/mol. The highest BCUT2D eigenvalue weighted by molar-refractivity contribution is 5.82. The van der Waals surface area contributed by atoms with Gasteiger partial charge in [-0.25, -0.2) is 14.2 Å². The molecular weight excluding hydrogens is 395 g/mol. The number of nitrogens with one attached hydrogen (secondary N) is 2. The van der Waals surface area contributed by atoms with Gasteiger partial charge in [-0.1, -0.05) is 33.1 Å². The summed E-state index contributed by atoms with van der Waals surface area (Å²) >= 11 is 0. The number of unbranched alkanes of at least 4 members (excludes halogenated alkanes) is 1. The molecule has 0 bridgehead atoms. The van der Waals surface area contributed by atoms with Crippen LogP contribution in [-0.2, 0) is 14.4 Å². The summed E-state index contributed by atoms with van der Waals surface area (Å²) in [5.41, 5.74) is 0. The van der Waals surface area contributed by atoms with Crippen molar-refractivity contribution >= 4 is 24.6 Å². The van der Waals surface area contributed by atoms with Crippen molar-refractivity contribution < 1.29 is 28.8 Å². The first-order chi connectivity index (χ1) is 14.3. The zero-order valence-corrected chi connectivity index (χ0v) is 18.3. The van der Waals surface area contributed by atoms with Crippen LogP contribution in [0, 0.1) is 11.8 Å². The lowest BCUT2D eigenvalue weighted by molar-refractivity contribution is -0.157. The number of hydroxylamine groups is 2. The predicted octanol–water partition coefficient (Wildman–Crippen LogP) is 1.74. The molecule has 1 fully saturated rings. The Morgan fingerprint density at radius 2 is 2.07 bits per heavy atom. The Hall–Kier alpha value is -2.23. The largest absolute Gasteiger partial charge is 0.341 e. The molecule has 1 aliphatic heterocycles. The van der Waals surface area contributed by atoms with Gasteiger partial charge in [0, 0.05) is 20.1 Å². The van der Waals surface area contributed by atoms with E-state index in [1.165, 1.54) is 7.05 Å². The third-order valence-corrected chi connectivity index (χ3v) is 4.96. The number of aldehydes is 1. The molecule has 0 saturated carbocycles. The number of carbonyl (C=O) groups is 4. The van der Waals surface area contributed by atoms with Gasteiger partial charge in [0.2, 0.25) is 12.3 Å². The quantitative estimate of drug-likeness (QED) is 0.247. The van der Waals surface area contributed by atoms with E-state index in [1.54, 1.807) is 4.90 Å². The maximum atomic E-state index is 12.7. The molecule has 3 atom stereocenters. The van der Waals surface area contributed by atoms with E-state index >= 15 is 0 Å². The van der Waals surface area contributed by atoms with Crippen LogP contribution in [0.1, 0.15) is 52.4 Å². The van der Waals surface area contributed by atoms with Crippen molar-refractivity contribution in [2.45, 2.75) is 58.4 Å². The van der Waals surface area contributed by atoms with E-state index in [2.05, 4.69) is 24.5 Å². The van der Waals surface area contributed by atoms with Crippen molar-refractivity contribution in [2.75, 3.05) is 33.4 Å². The Kier molecular flexibility index (Phi) is 15.3. The van der Waals surface area contributed by atoms with Crippen molar-refractivity contribution in [3.63, 3.8) is 0 Å². The molecule has 4 amide bonds. The second kappa shape index (κ2) is 16.6. The van der Waals surface area contributed by atoms with Crippen LogP contribution >= 0.6 is 0 Å². The van der Waals surface area contributed by atoms with E-state index in [0.29, 0.717) is 36.8 Å². The lowest BCUT2D eigenvalue weighted by Gasteiger charge is -2.29. The molecule has 1 saturated heterocycles. The van der Waals surface area contributed by atoms with Gasteiger partial charge in [-0.15, -0.1) is 0 Å². The minimum atomic E-state index is -0.520. The maximum absolute atomic E-state index is 12.7. The Morgan fingerprint density at radius 3 is 2.60 bits per heavy atom. The van der Waals surface area contributed by atoms with Crippen molar-refractivity contribution in [3.8, 4) is 0 Å². The fourth-order valence-corrected chi connectivity index (χ4v) is 3.37. The first kappa shape index (κ1) is 27.8. The number of alkyl halides is 1. The average Bonchev–Trinajstić information content (AvgIpc) is 3.24. The average molecular weight is 433 g/mol. The van der Waals surface area contributed by atoms with Crippen LogP contribution in [0.15, 0.2) is 0 Å². The summed E-state index contributed by atoms with van der Waals surface area (Å²) in [6.45, 7) is 4.33. The smallest absolute Gasteiger partial charge is 0.314 e. The van der Waals surface area contributed by atoms with Crippen molar-refractivity contribution in [1.29, 1.82) is 0 Å². The van der Waals surface area contributed by atoms with E-state index in [4.69, 9.17) is 0 Å². The van der Waals surface area contributed by atoms with Gasteiger partial charge < -0.3 is 20.3 Å². The lowest BCUT2D eigenvalue weighted by atomic mass is 9.90. The van der Waals surface area contributed by atoms with Gasteiger partial charge in [-0.3, -0.25) is 14.8 Å². The number of rotatable bonds is 12. The van der Waals surface area contributed by atoms with Crippen molar-refractivity contribution in [2.24, 2.45) is 11.8 Å². The second-order valence-electron chi connectivity index (χ2n) is 7.48. The van der Waals surface area contributed by atoms with Crippen molar-refractivity contribution in [3.05, 3.63) is 0 Å². The molecule has 3 unspecified atom stereocenters. The molecule has 30 heavy (non-hydrogen) atoms. The third kappa shape index (κ3) is 11.1. The molecule has 0 aromatic rings. The highest BCUT2D eigenvalue weighted by Crippen LogP contribution is 2.24. The molecule has 1 rings (SSSR count). The van der Waals surface area contributed by atoms with Gasteiger partial charge in [0.25, 0.3) is 0 Å². The van der Waals surface area contributed by atoms with Crippen LogP contribution in [0.5, 0.6) is 0 Å². The summed E-state index contributed by atoms with van der Waals surface area (Å²) in [7, 11) is 1.48. The molecular formula is C20H37FN4O5. The minimum absolute atomic E-state index is 0.0130. The molecule has 0 aromatic carbocycles. The second-order valence-corrected chi connectivity index (χ2v) is 7.48. The third-order valence-electron chi connectivity index (χ3n) is 4.96. The molecule has 0 aliphatic carbocycles. The fourth-order valence-electron chi connectivity index (χ4n) is 3.37. The Bertz CT molecular complexity index is 523. The molecule has 0 radical (unpaired) electrons. The molecule has 1 heterocycles. The summed E-state index contributed by atoms with van der Waals surface area (Å²) in [6, 6.07) is -0.702. The monoisotopic (exact) mass is 432 g/mol. The van der Waals surface area contributed by atoms with Gasteiger partial charge in [0.15, 0.2) is 0 Å². The molecule has 1 aliphatic rings. The molecule has 3 N–H and O–H groups in total. The summed E-state index contributed by atoms with van der Waals surface area (Å²) in [6.07, 6.45) is 6.49. The zero-order chi connectivity index (χ0) is 22.9. The summed E-state index contributed by atoms with van der Waals surface area (Å²) in [5.74, 6) is -0.243. The van der Waals surface area contributed by atoms with Crippen LogP contribution in [0.2, 0.25) is 0 Å². The van der Waals surface area contributed by atoms with Gasteiger partial charge in [0.1, 0.15) is 13.0 Å². The van der Waals surface area contributed by atoms with E-state index in [9.17, 15) is 28.8 Å². The van der Waals surface area contributed by atoms with Crippen LogP contribution in [0.25, 0.3) is 0 Å². The number of halogens is 1. The highest BCUT2D eigenvalue weighted by Gasteiger charge is 2.34. The van der Waals surface area contributed by atoms with Crippen LogP contribution < -0.4 is 10.6 Å². The van der Waals surface area contributed by atoms with Gasteiger partial charge >= 0.3 is 6.03 Å². The summed E-state index contributed by atoms with van der Waals surface area (Å²) in [5, 5.41) is 14.5. The zero-order valence-electron chi connectivity index (χ0n) is 18.3. The van der Waals surface area contributed by atoms with Crippen LogP contribution in [0.3, 0.4) is 0 Å². The Balaban J connectivity index is 0.000000890. The summed E-state index contributed by atoms with van der Waals surface area (Å²) < 4.78 is 11.2. The van der Waals surface area contributed by atoms with E-state index in [1.807, 2.05) is 0 Å². The van der Waals surface area contributed by atoms with Gasteiger partial charge in [-0.05, 0) is 25.2 Å². The summed E-state index contributed by atoms with van der Waals surface area (Å²) in [4.78, 5) is 46.2. The first-order valence-corrected chi connectivity index (χ1v) is 10.5. The van der Waals surface area contributed by atoms with Crippen LogP contribution in [0.4, 0.5) is 9.18 Å². The lowest BCUT2D eigenvalue weighted by Crippen LogP contribution is -2.44. The van der Waals surface area contributed by atoms with Gasteiger partial charge in [-0.2, -0.15) is 0 Å². The number of urea groups is 1. The van der Waals surface area contributed by atoms with E-state index in [-0.39, 0.29) is 31.1 Å². The fraction of sp³-hybridized carbons (Fsp3) is 0.800. The molecule has 174 valence electrons. The van der Waals surface area contributed by atoms with Crippen LogP contribution in [-0.4, -0.2) is 79.2 Å². The topological polar surface area (TPSA) is 119 Å². The number of nitrogens with zero attached hydrogens (tertiary/aromatic N) is 2. The van der Waals surface area contributed by atoms with E-state index < -0.39 is 12.6 Å². The normalized spacial score (nSPS) is 17.2. The minimum Gasteiger partial charge on any atom is -0.341 e. The first-order valence-electron chi connectivity index (χ1n) is 10.5. The molecule has 0 spiro atoms. The highest BCUT2D eigenvalue weighted by atomic mass is 19.1. The number of carbonyl (C=O) groups excluding carboxylic acids is 4. The van der Waals surface area contributed by atoms with Crippen molar-refractivity contribution in [1.82, 2.24) is 20.6 Å². The number of amides is 4. The Morgan fingerprint density at radius 1 is 1.37 bits per heavy atom. The number of likely N-dealkylation sites (tertiary alicyclic amines) is 1. The SMILES string of the molecule is CCCCC(C)CC(CN(O)C=O)C(=O)N1CCCC1C=O.CNC(=O)NCCF. The molecule has 0 aromatic heterocycles. The standard InChI is InChI=1S/C16H28N2O4.C4H9FN2O/c1-3-4-6-13(2)9-14(10-17(22)12-20)16(21)18-8-5-7-15(18)11-19;1-6-4(8)7-3-2-5/h11-15,22H,3-10H2,1-2H3;2-3H2,1H3,(H2,6,7,8). The maximum Gasteiger partial charge on any atom is 0.314 e. The molecule has 9 nitrogen and oxygen atoms in total. The number of hydrogen-bond acceptors (Lipinski definition) is 5. The molecule has 10 heteroatoms. The Labute approximate surface area is 178 Å². The van der Waals surface area contributed by atoms with E-state index in [0.717, 1.165) is 32.0 Å². The van der Waals surface area contributed by atoms with Gasteiger partial charge in [0.05, 0.1) is 18.5 Å². The number of hydrogen-bond donors (Lipinski definition) is 3.